The molecule has 0 saturated heterocycles. The van der Waals surface area contributed by atoms with Crippen molar-refractivity contribution in [2.75, 3.05) is 11.4 Å². The van der Waals surface area contributed by atoms with E-state index < -0.39 is 6.04 Å². The minimum atomic E-state index is -0.486. The Labute approximate surface area is 119 Å². The number of hydrogen-bond donors (Lipinski definition) is 1. The zero-order valence-electron chi connectivity index (χ0n) is 11.9. The van der Waals surface area contributed by atoms with E-state index in [4.69, 9.17) is 0 Å². The molecule has 1 heterocycles. The van der Waals surface area contributed by atoms with Crippen LogP contribution in [0.3, 0.4) is 0 Å². The minimum Gasteiger partial charge on any atom is -0.340 e. The van der Waals surface area contributed by atoms with Crippen molar-refractivity contribution in [2.45, 2.75) is 26.3 Å². The van der Waals surface area contributed by atoms with Crippen molar-refractivity contribution in [2.24, 2.45) is 5.92 Å². The second kappa shape index (κ2) is 5.90. The molecular formula is C16H20N2O2. The van der Waals surface area contributed by atoms with Crippen molar-refractivity contribution in [1.29, 1.82) is 0 Å². The lowest BCUT2D eigenvalue weighted by Crippen LogP contribution is -2.49. The third-order valence-corrected chi connectivity index (χ3v) is 3.78. The lowest BCUT2D eigenvalue weighted by Gasteiger charge is -2.27. The molecule has 20 heavy (non-hydrogen) atoms. The van der Waals surface area contributed by atoms with Gasteiger partial charge in [0.05, 0.1) is 11.3 Å². The molecule has 4 nitrogen and oxygen atoms in total. The Kier molecular flexibility index (Phi) is 4.23. The first-order valence-corrected chi connectivity index (χ1v) is 6.92. The lowest BCUT2D eigenvalue weighted by atomic mass is 9.98. The van der Waals surface area contributed by atoms with Gasteiger partial charge in [-0.25, -0.2) is 0 Å². The predicted octanol–water partition coefficient (Wildman–Crippen LogP) is 2.36. The molecule has 0 aromatic heterocycles. The molecule has 1 aromatic carbocycles. The van der Waals surface area contributed by atoms with Gasteiger partial charge in [0, 0.05) is 6.54 Å². The zero-order chi connectivity index (χ0) is 14.7. The van der Waals surface area contributed by atoms with E-state index >= 15 is 0 Å². The van der Waals surface area contributed by atoms with E-state index in [0.29, 0.717) is 17.8 Å². The number of carbonyl (C=O) groups is 2. The maximum absolute atomic E-state index is 12.7. The second-order valence-electron chi connectivity index (χ2n) is 5.09. The number of nitrogens with zero attached hydrogens (tertiary/aromatic N) is 1. The molecule has 0 bridgehead atoms. The van der Waals surface area contributed by atoms with Crippen molar-refractivity contribution in [1.82, 2.24) is 5.32 Å². The molecule has 2 unspecified atom stereocenters. The van der Waals surface area contributed by atoms with Crippen molar-refractivity contribution >= 4 is 17.5 Å². The maximum atomic E-state index is 12.7. The highest BCUT2D eigenvalue weighted by Crippen LogP contribution is 2.26. The van der Waals surface area contributed by atoms with Crippen LogP contribution < -0.4 is 10.2 Å². The summed E-state index contributed by atoms with van der Waals surface area (Å²) >= 11 is 0. The molecule has 1 aliphatic heterocycles. The smallest absolute Gasteiger partial charge is 0.254 e. The number of fused-ring (bicyclic) bond motifs is 1. The summed E-state index contributed by atoms with van der Waals surface area (Å²) in [5, 5.41) is 2.86. The van der Waals surface area contributed by atoms with Crippen LogP contribution in [-0.4, -0.2) is 24.4 Å². The van der Waals surface area contributed by atoms with Crippen molar-refractivity contribution < 1.29 is 9.59 Å². The van der Waals surface area contributed by atoms with E-state index in [0.717, 1.165) is 6.42 Å². The van der Waals surface area contributed by atoms with Gasteiger partial charge in [0.1, 0.15) is 6.04 Å². The van der Waals surface area contributed by atoms with Gasteiger partial charge in [-0.15, -0.1) is 6.58 Å². The highest BCUT2D eigenvalue weighted by Gasteiger charge is 2.35. The monoisotopic (exact) mass is 272 g/mol. The Morgan fingerprint density at radius 2 is 2.10 bits per heavy atom. The Morgan fingerprint density at radius 1 is 1.40 bits per heavy atom. The topological polar surface area (TPSA) is 49.4 Å². The van der Waals surface area contributed by atoms with Crippen LogP contribution >= 0.6 is 0 Å². The Morgan fingerprint density at radius 3 is 2.75 bits per heavy atom. The fourth-order valence-corrected chi connectivity index (χ4v) is 2.41. The molecule has 2 rings (SSSR count). The molecule has 4 heteroatoms. The van der Waals surface area contributed by atoms with Gasteiger partial charge in [-0.3, -0.25) is 9.59 Å². The Bertz CT molecular complexity index is 539. The van der Waals surface area contributed by atoms with Crippen LogP contribution in [-0.2, 0) is 4.79 Å². The lowest BCUT2D eigenvalue weighted by molar-refractivity contribution is -0.121. The maximum Gasteiger partial charge on any atom is 0.254 e. The molecule has 0 saturated carbocycles. The summed E-state index contributed by atoms with van der Waals surface area (Å²) in [6.45, 7) is 8.09. The summed E-state index contributed by atoms with van der Waals surface area (Å²) in [7, 11) is 0. The SMILES string of the molecule is C=CCN1C(=O)C(C(C)CC)NC(=O)c2ccccc21. The molecule has 1 aromatic rings. The van der Waals surface area contributed by atoms with Crippen LogP contribution in [0.1, 0.15) is 30.6 Å². The summed E-state index contributed by atoms with van der Waals surface area (Å²) in [6, 6.07) is 6.69. The molecule has 0 spiro atoms. The predicted molar refractivity (Wildman–Crippen MR) is 79.7 cm³/mol. The van der Waals surface area contributed by atoms with Gasteiger partial charge in [0.15, 0.2) is 0 Å². The average molecular weight is 272 g/mol. The Hall–Kier alpha value is -2.10. The number of nitrogens with one attached hydrogen (secondary N) is 1. The van der Waals surface area contributed by atoms with Gasteiger partial charge in [0.25, 0.3) is 5.91 Å². The zero-order valence-corrected chi connectivity index (χ0v) is 11.9. The van der Waals surface area contributed by atoms with Gasteiger partial charge in [-0.05, 0) is 18.1 Å². The molecule has 106 valence electrons. The van der Waals surface area contributed by atoms with Gasteiger partial charge in [-0.1, -0.05) is 38.5 Å². The van der Waals surface area contributed by atoms with Crippen LogP contribution in [0.25, 0.3) is 0 Å². The van der Waals surface area contributed by atoms with Crippen molar-refractivity contribution in [3.8, 4) is 0 Å². The first-order valence-electron chi connectivity index (χ1n) is 6.92. The number of carbonyl (C=O) groups excluding carboxylic acids is 2. The summed E-state index contributed by atoms with van der Waals surface area (Å²) in [4.78, 5) is 26.7. The third-order valence-electron chi connectivity index (χ3n) is 3.78. The molecule has 0 radical (unpaired) electrons. The van der Waals surface area contributed by atoms with E-state index in [1.807, 2.05) is 19.9 Å². The fraction of sp³-hybridized carbons (Fsp3) is 0.375. The van der Waals surface area contributed by atoms with Crippen LogP contribution in [0.2, 0.25) is 0 Å². The fourth-order valence-electron chi connectivity index (χ4n) is 2.41. The summed E-state index contributed by atoms with van der Waals surface area (Å²) < 4.78 is 0. The normalized spacial score (nSPS) is 19.9. The average Bonchev–Trinajstić information content (AvgIpc) is 2.57. The van der Waals surface area contributed by atoms with Gasteiger partial charge < -0.3 is 10.2 Å². The number of rotatable bonds is 4. The minimum absolute atomic E-state index is 0.0717. The summed E-state index contributed by atoms with van der Waals surface area (Å²) in [5.41, 5.74) is 1.19. The highest BCUT2D eigenvalue weighted by molar-refractivity contribution is 6.11. The van der Waals surface area contributed by atoms with E-state index in [1.54, 1.807) is 29.2 Å². The van der Waals surface area contributed by atoms with Crippen LogP contribution in [0.15, 0.2) is 36.9 Å². The number of benzene rings is 1. The standard InChI is InChI=1S/C16H20N2O2/c1-4-10-18-13-9-7-6-8-12(13)15(19)17-14(16(18)20)11(3)5-2/h4,6-9,11,14H,1,5,10H2,2-3H3,(H,17,19). The number of amides is 2. The van der Waals surface area contributed by atoms with Gasteiger partial charge >= 0.3 is 0 Å². The molecule has 1 N–H and O–H groups in total. The molecule has 0 fully saturated rings. The highest BCUT2D eigenvalue weighted by atomic mass is 16.2. The van der Waals surface area contributed by atoms with E-state index in [1.165, 1.54) is 0 Å². The number of hydrogen-bond acceptors (Lipinski definition) is 2. The van der Waals surface area contributed by atoms with E-state index in [-0.39, 0.29) is 17.7 Å². The molecule has 1 aliphatic rings. The quantitative estimate of drug-likeness (QED) is 0.855. The summed E-state index contributed by atoms with van der Waals surface area (Å²) in [5.74, 6) is -0.170. The van der Waals surface area contributed by atoms with Gasteiger partial charge in [0.2, 0.25) is 5.91 Å². The molecule has 2 amide bonds. The van der Waals surface area contributed by atoms with Crippen LogP contribution in [0.4, 0.5) is 5.69 Å². The summed E-state index contributed by atoms with van der Waals surface area (Å²) in [6.07, 6.45) is 2.51. The van der Waals surface area contributed by atoms with E-state index in [2.05, 4.69) is 11.9 Å². The number of para-hydroxylation sites is 1. The van der Waals surface area contributed by atoms with E-state index in [9.17, 15) is 9.59 Å². The van der Waals surface area contributed by atoms with Crippen molar-refractivity contribution in [3.63, 3.8) is 0 Å². The van der Waals surface area contributed by atoms with Gasteiger partial charge in [-0.2, -0.15) is 0 Å². The molecule has 2 atom stereocenters. The molecule has 0 aliphatic carbocycles. The van der Waals surface area contributed by atoms with Crippen molar-refractivity contribution in [3.05, 3.63) is 42.5 Å². The van der Waals surface area contributed by atoms with Crippen LogP contribution in [0, 0.1) is 5.92 Å². The van der Waals surface area contributed by atoms with Crippen LogP contribution in [0.5, 0.6) is 0 Å². The first-order chi connectivity index (χ1) is 9.60. The Balaban J connectivity index is 2.50. The number of anilines is 1. The first kappa shape index (κ1) is 14.3. The third kappa shape index (κ3) is 2.46. The molecular weight excluding hydrogens is 252 g/mol. The second-order valence-corrected chi connectivity index (χ2v) is 5.09. The largest absolute Gasteiger partial charge is 0.340 e.